The van der Waals surface area contributed by atoms with Crippen molar-refractivity contribution in [3.05, 3.63) is 52.6 Å². The van der Waals surface area contributed by atoms with E-state index in [1.807, 2.05) is 6.92 Å². The van der Waals surface area contributed by atoms with Crippen molar-refractivity contribution in [3.8, 4) is 0 Å². The monoisotopic (exact) mass is 301 g/mol. The third-order valence-electron chi connectivity index (χ3n) is 2.37. The Morgan fingerprint density at radius 1 is 1.16 bits per heavy atom. The van der Waals surface area contributed by atoms with Crippen molar-refractivity contribution < 1.29 is 8.42 Å². The molecular weight excluding hydrogens is 290 g/mol. The van der Waals surface area contributed by atoms with Crippen LogP contribution >= 0.6 is 12.4 Å². The first-order valence-electron chi connectivity index (χ1n) is 5.09. The number of aromatic nitrogens is 2. The molecule has 0 bridgehead atoms. The minimum absolute atomic E-state index is 0. The van der Waals surface area contributed by atoms with Crippen molar-refractivity contribution in [1.82, 2.24) is 8.96 Å². The molecule has 0 saturated heterocycles. The van der Waals surface area contributed by atoms with Crippen LogP contribution in [0.3, 0.4) is 0 Å². The zero-order valence-electron chi connectivity index (χ0n) is 9.98. The smallest absolute Gasteiger partial charge is 0.363 e. The molecule has 0 fully saturated rings. The Labute approximate surface area is 116 Å². The van der Waals surface area contributed by atoms with Gasteiger partial charge >= 0.3 is 5.69 Å². The summed E-state index contributed by atoms with van der Waals surface area (Å²) in [7, 11) is -3.92. The van der Waals surface area contributed by atoms with Crippen molar-refractivity contribution in [1.29, 1.82) is 0 Å². The van der Waals surface area contributed by atoms with E-state index in [0.29, 0.717) is 3.97 Å². The van der Waals surface area contributed by atoms with Gasteiger partial charge in [0.2, 0.25) is 0 Å². The molecule has 1 aromatic carbocycles. The third kappa shape index (κ3) is 2.94. The summed E-state index contributed by atoms with van der Waals surface area (Å²) in [6, 6.07) is 7.44. The van der Waals surface area contributed by atoms with Gasteiger partial charge in [0.15, 0.2) is 0 Å². The molecule has 0 unspecified atom stereocenters. The molecule has 8 heteroatoms. The number of nitrogens with zero attached hydrogens (tertiary/aromatic N) is 2. The summed E-state index contributed by atoms with van der Waals surface area (Å²) in [4.78, 5) is 14.9. The lowest BCUT2D eigenvalue weighted by atomic mass is 10.2. The Hall–Kier alpha value is -1.86. The van der Waals surface area contributed by atoms with E-state index in [4.69, 9.17) is 5.73 Å². The van der Waals surface area contributed by atoms with Gasteiger partial charge in [0.05, 0.1) is 4.90 Å². The fourth-order valence-electron chi connectivity index (χ4n) is 1.41. The summed E-state index contributed by atoms with van der Waals surface area (Å²) in [6.07, 6.45) is 1.10. The van der Waals surface area contributed by atoms with E-state index in [-0.39, 0.29) is 23.1 Å². The molecule has 0 amide bonds. The fraction of sp³-hybridized carbons (Fsp3) is 0.0909. The van der Waals surface area contributed by atoms with Gasteiger partial charge in [-0.05, 0) is 25.1 Å². The van der Waals surface area contributed by atoms with E-state index >= 15 is 0 Å². The van der Waals surface area contributed by atoms with Gasteiger partial charge < -0.3 is 5.73 Å². The Bertz CT molecular complexity index is 739. The Balaban J connectivity index is 0.00000180. The Morgan fingerprint density at radius 3 is 2.26 bits per heavy atom. The van der Waals surface area contributed by atoms with Crippen LogP contribution in [0.1, 0.15) is 5.56 Å². The van der Waals surface area contributed by atoms with Crippen LogP contribution in [-0.4, -0.2) is 17.4 Å². The van der Waals surface area contributed by atoms with Crippen LogP contribution in [0.4, 0.5) is 5.82 Å². The molecule has 19 heavy (non-hydrogen) atoms. The van der Waals surface area contributed by atoms with Crippen LogP contribution < -0.4 is 11.4 Å². The summed E-state index contributed by atoms with van der Waals surface area (Å²) < 4.78 is 24.9. The van der Waals surface area contributed by atoms with Crippen LogP contribution in [0, 0.1) is 6.92 Å². The molecular formula is C11H12ClN3O3S. The standard InChI is InChI=1S/C11H11N3O3S.ClH/c1-8-2-4-9(5-3-8)18(16,17)14-7-6-10(12)13-11(14)15;/h2-7H,1H3,(H2,12,13,15);1H. The molecule has 102 valence electrons. The lowest BCUT2D eigenvalue weighted by molar-refractivity contribution is 0.584. The molecule has 2 aromatic rings. The Morgan fingerprint density at radius 2 is 1.74 bits per heavy atom. The summed E-state index contributed by atoms with van der Waals surface area (Å²) in [5, 5.41) is 0. The number of halogens is 1. The van der Waals surface area contributed by atoms with Gasteiger partial charge in [-0.15, -0.1) is 12.4 Å². The molecule has 0 aliphatic carbocycles. The number of anilines is 1. The molecule has 2 N–H and O–H groups in total. The first kappa shape index (κ1) is 15.2. The van der Waals surface area contributed by atoms with Crippen LogP contribution in [0.2, 0.25) is 0 Å². The van der Waals surface area contributed by atoms with Gasteiger partial charge in [0.1, 0.15) is 5.82 Å². The number of hydrogen-bond acceptors (Lipinski definition) is 5. The molecule has 0 aliphatic rings. The SMILES string of the molecule is Cc1ccc(S(=O)(=O)n2ccc(N)nc2=O)cc1.Cl. The first-order valence-corrected chi connectivity index (χ1v) is 6.53. The van der Waals surface area contributed by atoms with Crippen molar-refractivity contribution >= 4 is 28.2 Å². The maximum Gasteiger partial charge on any atom is 0.363 e. The van der Waals surface area contributed by atoms with Gasteiger partial charge in [-0.1, -0.05) is 17.7 Å². The van der Waals surface area contributed by atoms with Crippen molar-refractivity contribution in [2.45, 2.75) is 11.8 Å². The van der Waals surface area contributed by atoms with Crippen molar-refractivity contribution in [2.75, 3.05) is 5.73 Å². The van der Waals surface area contributed by atoms with E-state index in [1.165, 1.54) is 18.2 Å². The predicted octanol–water partition coefficient (Wildman–Crippen LogP) is 0.793. The molecule has 0 atom stereocenters. The Kier molecular flexibility index (Phi) is 4.33. The number of benzene rings is 1. The van der Waals surface area contributed by atoms with E-state index < -0.39 is 15.7 Å². The zero-order chi connectivity index (χ0) is 13.3. The van der Waals surface area contributed by atoms with Gasteiger partial charge in [-0.3, -0.25) is 0 Å². The zero-order valence-corrected chi connectivity index (χ0v) is 11.6. The summed E-state index contributed by atoms with van der Waals surface area (Å²) in [5.74, 6) is -0.0182. The molecule has 0 aliphatic heterocycles. The minimum atomic E-state index is -3.92. The highest BCUT2D eigenvalue weighted by molar-refractivity contribution is 7.90. The van der Waals surface area contributed by atoms with Crippen LogP contribution in [0.15, 0.2) is 46.2 Å². The van der Waals surface area contributed by atoms with Gasteiger partial charge in [-0.2, -0.15) is 8.96 Å². The summed E-state index contributed by atoms with van der Waals surface area (Å²) >= 11 is 0. The quantitative estimate of drug-likeness (QED) is 0.885. The number of rotatable bonds is 2. The van der Waals surface area contributed by atoms with Gasteiger partial charge in [-0.25, -0.2) is 13.2 Å². The van der Waals surface area contributed by atoms with Crippen LogP contribution in [-0.2, 0) is 10.0 Å². The largest absolute Gasteiger partial charge is 0.383 e. The minimum Gasteiger partial charge on any atom is -0.383 e. The van der Waals surface area contributed by atoms with Crippen molar-refractivity contribution in [3.63, 3.8) is 0 Å². The highest BCUT2D eigenvalue weighted by Crippen LogP contribution is 2.12. The predicted molar refractivity (Wildman–Crippen MR) is 73.9 cm³/mol. The number of nitrogen functional groups attached to an aromatic ring is 1. The molecule has 0 saturated carbocycles. The third-order valence-corrected chi connectivity index (χ3v) is 4.04. The van der Waals surface area contributed by atoms with E-state index in [2.05, 4.69) is 4.98 Å². The van der Waals surface area contributed by atoms with Crippen LogP contribution in [0.5, 0.6) is 0 Å². The van der Waals surface area contributed by atoms with Gasteiger partial charge in [0, 0.05) is 6.20 Å². The molecule has 0 spiro atoms. The second kappa shape index (κ2) is 5.41. The lowest BCUT2D eigenvalue weighted by Crippen LogP contribution is -2.29. The number of aryl methyl sites for hydroxylation is 1. The maximum absolute atomic E-state index is 12.2. The highest BCUT2D eigenvalue weighted by atomic mass is 35.5. The normalized spacial score (nSPS) is 10.8. The molecule has 2 rings (SSSR count). The van der Waals surface area contributed by atoms with E-state index in [0.717, 1.165) is 11.8 Å². The number of nitrogens with two attached hydrogens (primary N) is 1. The molecule has 0 radical (unpaired) electrons. The topological polar surface area (TPSA) is 95.1 Å². The maximum atomic E-state index is 12.2. The van der Waals surface area contributed by atoms with Crippen molar-refractivity contribution in [2.24, 2.45) is 0 Å². The van der Waals surface area contributed by atoms with Crippen LogP contribution in [0.25, 0.3) is 0 Å². The van der Waals surface area contributed by atoms with E-state index in [1.54, 1.807) is 12.1 Å². The lowest BCUT2D eigenvalue weighted by Gasteiger charge is -2.07. The fourth-order valence-corrected chi connectivity index (χ4v) is 2.59. The number of hydrogen-bond donors (Lipinski definition) is 1. The highest BCUT2D eigenvalue weighted by Gasteiger charge is 2.18. The summed E-state index contributed by atoms with van der Waals surface area (Å²) in [5.41, 5.74) is 5.32. The second-order valence-corrected chi connectivity index (χ2v) is 5.56. The molecule has 6 nitrogen and oxygen atoms in total. The average Bonchev–Trinajstić information content (AvgIpc) is 2.29. The molecule has 1 aromatic heterocycles. The average molecular weight is 302 g/mol. The second-order valence-electron chi connectivity index (χ2n) is 3.75. The van der Waals surface area contributed by atoms with E-state index in [9.17, 15) is 13.2 Å². The first-order chi connectivity index (χ1) is 8.41. The van der Waals surface area contributed by atoms with Gasteiger partial charge in [0.25, 0.3) is 10.0 Å². The summed E-state index contributed by atoms with van der Waals surface area (Å²) in [6.45, 7) is 1.84. The molecule has 1 heterocycles.